The van der Waals surface area contributed by atoms with Crippen molar-refractivity contribution in [3.8, 4) is 0 Å². The average Bonchev–Trinajstić information content (AvgIpc) is 1.84. The van der Waals surface area contributed by atoms with Gasteiger partial charge in [-0.05, 0) is 19.4 Å². The molecular weight excluding hydrogens is 191 g/mol. The van der Waals surface area contributed by atoms with Gasteiger partial charge < -0.3 is 0 Å². The van der Waals surface area contributed by atoms with E-state index in [0.29, 0.717) is 6.92 Å². The zero-order valence-electron chi connectivity index (χ0n) is 7.60. The molecule has 0 bridgehead atoms. The van der Waals surface area contributed by atoms with Crippen LogP contribution in [0.1, 0.15) is 20.8 Å². The van der Waals surface area contributed by atoms with Gasteiger partial charge in [0.2, 0.25) is 0 Å². The summed E-state index contributed by atoms with van der Waals surface area (Å²) in [4.78, 5) is 0. The van der Waals surface area contributed by atoms with Crippen LogP contribution < -0.4 is 0 Å². The molecule has 0 aromatic rings. The first-order chi connectivity index (χ1) is 5.44. The minimum Gasteiger partial charge on any atom is -0.232 e. The lowest BCUT2D eigenvalue weighted by atomic mass is 9.89. The van der Waals surface area contributed by atoms with Crippen LogP contribution in [-0.2, 0) is 0 Å². The van der Waals surface area contributed by atoms with E-state index in [9.17, 15) is 22.0 Å². The maximum absolute atomic E-state index is 13.2. The fourth-order valence-corrected chi connectivity index (χ4v) is 0.680. The summed E-state index contributed by atoms with van der Waals surface area (Å²) in [5.41, 5.74) is -4.02. The standard InChI is InChI=1S/C8H11F5/c1-5(2)6(3,9)8(12,13)7(4,10)11/h1H2,2-4H3. The summed E-state index contributed by atoms with van der Waals surface area (Å²) in [5.74, 6) is -9.15. The van der Waals surface area contributed by atoms with Gasteiger partial charge in [-0.15, -0.1) is 0 Å². The SMILES string of the molecule is C=C(C)C(C)(F)C(F)(F)C(C)(F)F. The molecule has 0 aliphatic heterocycles. The second-order valence-electron chi connectivity index (χ2n) is 3.25. The molecule has 0 heterocycles. The molecule has 0 spiro atoms. The third-order valence-corrected chi connectivity index (χ3v) is 1.94. The predicted octanol–water partition coefficient (Wildman–Crippen LogP) is 3.58. The van der Waals surface area contributed by atoms with Gasteiger partial charge in [0.25, 0.3) is 0 Å². The van der Waals surface area contributed by atoms with Crippen LogP contribution in [0.15, 0.2) is 12.2 Å². The highest BCUT2D eigenvalue weighted by Crippen LogP contribution is 2.47. The quantitative estimate of drug-likeness (QED) is 0.484. The molecule has 0 fully saturated rings. The van der Waals surface area contributed by atoms with Gasteiger partial charge >= 0.3 is 11.8 Å². The molecule has 0 aliphatic rings. The van der Waals surface area contributed by atoms with Crippen LogP contribution in [0.2, 0.25) is 0 Å². The van der Waals surface area contributed by atoms with E-state index in [2.05, 4.69) is 6.58 Å². The Morgan fingerprint density at radius 2 is 1.31 bits per heavy atom. The Bertz CT molecular complexity index is 211. The van der Waals surface area contributed by atoms with Crippen molar-refractivity contribution in [1.82, 2.24) is 0 Å². The van der Waals surface area contributed by atoms with Gasteiger partial charge in [0, 0.05) is 6.92 Å². The maximum Gasteiger partial charge on any atom is 0.346 e. The molecule has 1 unspecified atom stereocenters. The minimum absolute atomic E-state index is 0.0201. The molecule has 0 saturated carbocycles. The molecule has 5 heteroatoms. The Balaban J connectivity index is 5.16. The second kappa shape index (κ2) is 2.96. The fourth-order valence-electron chi connectivity index (χ4n) is 0.680. The average molecular weight is 202 g/mol. The van der Waals surface area contributed by atoms with Crippen molar-refractivity contribution in [3.63, 3.8) is 0 Å². The lowest BCUT2D eigenvalue weighted by Gasteiger charge is -2.34. The molecule has 78 valence electrons. The van der Waals surface area contributed by atoms with Crippen LogP contribution in [-0.4, -0.2) is 17.5 Å². The van der Waals surface area contributed by atoms with E-state index in [1.807, 2.05) is 0 Å². The molecule has 0 aromatic carbocycles. The van der Waals surface area contributed by atoms with Crippen LogP contribution in [0, 0.1) is 0 Å². The van der Waals surface area contributed by atoms with Crippen molar-refractivity contribution in [3.05, 3.63) is 12.2 Å². The van der Waals surface area contributed by atoms with Crippen LogP contribution in [0.25, 0.3) is 0 Å². The zero-order chi connectivity index (χ0) is 11.1. The van der Waals surface area contributed by atoms with Crippen LogP contribution in [0.4, 0.5) is 22.0 Å². The van der Waals surface area contributed by atoms with Crippen molar-refractivity contribution in [1.29, 1.82) is 0 Å². The maximum atomic E-state index is 13.2. The van der Waals surface area contributed by atoms with E-state index < -0.39 is 23.1 Å². The summed E-state index contributed by atoms with van der Waals surface area (Å²) < 4.78 is 63.4. The Morgan fingerprint density at radius 1 is 1.00 bits per heavy atom. The second-order valence-corrected chi connectivity index (χ2v) is 3.25. The largest absolute Gasteiger partial charge is 0.346 e. The number of allylic oxidation sites excluding steroid dienone is 1. The normalized spacial score (nSPS) is 18.2. The van der Waals surface area contributed by atoms with E-state index in [4.69, 9.17) is 0 Å². The molecule has 13 heavy (non-hydrogen) atoms. The lowest BCUT2D eigenvalue weighted by molar-refractivity contribution is -0.249. The van der Waals surface area contributed by atoms with Gasteiger partial charge in [-0.1, -0.05) is 6.58 Å². The molecule has 0 rings (SSSR count). The first kappa shape index (κ1) is 12.4. The Kier molecular flexibility index (Phi) is 2.82. The number of halogens is 5. The van der Waals surface area contributed by atoms with E-state index in [0.717, 1.165) is 6.92 Å². The highest BCUT2D eigenvalue weighted by Gasteiger charge is 2.65. The van der Waals surface area contributed by atoms with E-state index in [-0.39, 0.29) is 6.92 Å². The van der Waals surface area contributed by atoms with Crippen LogP contribution in [0.3, 0.4) is 0 Å². The van der Waals surface area contributed by atoms with Crippen molar-refractivity contribution in [2.75, 3.05) is 0 Å². The third-order valence-electron chi connectivity index (χ3n) is 1.94. The number of rotatable bonds is 3. The molecule has 0 aromatic heterocycles. The van der Waals surface area contributed by atoms with Gasteiger partial charge in [-0.3, -0.25) is 0 Å². The summed E-state index contributed by atoms with van der Waals surface area (Å²) in [5, 5.41) is 0. The van der Waals surface area contributed by atoms with Gasteiger partial charge in [0.05, 0.1) is 0 Å². The zero-order valence-corrected chi connectivity index (χ0v) is 7.60. The van der Waals surface area contributed by atoms with E-state index in [1.165, 1.54) is 0 Å². The highest BCUT2D eigenvalue weighted by molar-refractivity contribution is 5.17. The van der Waals surface area contributed by atoms with Crippen LogP contribution >= 0.6 is 0 Å². The molecule has 0 amide bonds. The summed E-state index contributed by atoms with van der Waals surface area (Å²) in [6.07, 6.45) is 0. The van der Waals surface area contributed by atoms with Gasteiger partial charge in [0.15, 0.2) is 5.67 Å². The molecule has 0 N–H and O–H groups in total. The minimum atomic E-state index is -4.74. The topological polar surface area (TPSA) is 0 Å². The van der Waals surface area contributed by atoms with Crippen molar-refractivity contribution in [2.24, 2.45) is 0 Å². The molecule has 0 radical (unpaired) electrons. The van der Waals surface area contributed by atoms with E-state index in [1.54, 1.807) is 0 Å². The molecule has 1 atom stereocenters. The van der Waals surface area contributed by atoms with Gasteiger partial charge in [-0.2, -0.15) is 8.78 Å². The lowest BCUT2D eigenvalue weighted by Crippen LogP contribution is -2.53. The number of hydrogen-bond donors (Lipinski definition) is 0. The first-order valence-electron chi connectivity index (χ1n) is 3.55. The Hall–Kier alpha value is -0.610. The Labute approximate surface area is 73.4 Å². The van der Waals surface area contributed by atoms with Crippen molar-refractivity contribution < 1.29 is 22.0 Å². The monoisotopic (exact) mass is 202 g/mol. The summed E-state index contributed by atoms with van der Waals surface area (Å²) in [7, 11) is 0. The first-order valence-corrected chi connectivity index (χ1v) is 3.55. The number of hydrogen-bond acceptors (Lipinski definition) is 0. The smallest absolute Gasteiger partial charge is 0.232 e. The van der Waals surface area contributed by atoms with Crippen LogP contribution in [0.5, 0.6) is 0 Å². The van der Waals surface area contributed by atoms with Crippen molar-refractivity contribution in [2.45, 2.75) is 38.3 Å². The third kappa shape index (κ3) is 1.84. The highest BCUT2D eigenvalue weighted by atomic mass is 19.3. The van der Waals surface area contributed by atoms with Gasteiger partial charge in [-0.25, -0.2) is 13.2 Å². The summed E-state index contributed by atoms with van der Waals surface area (Å²) in [6, 6.07) is 0. The van der Waals surface area contributed by atoms with Crippen molar-refractivity contribution >= 4 is 0 Å². The Morgan fingerprint density at radius 3 is 1.38 bits per heavy atom. The molecule has 0 saturated heterocycles. The predicted molar refractivity (Wildman–Crippen MR) is 39.9 cm³/mol. The van der Waals surface area contributed by atoms with Gasteiger partial charge in [0.1, 0.15) is 0 Å². The van der Waals surface area contributed by atoms with E-state index >= 15 is 0 Å². The number of alkyl halides is 5. The summed E-state index contributed by atoms with van der Waals surface area (Å²) >= 11 is 0. The molecule has 0 aliphatic carbocycles. The summed E-state index contributed by atoms with van der Waals surface area (Å²) in [6.45, 7) is 4.24. The molecular formula is C8H11F5. The fraction of sp³-hybridized carbons (Fsp3) is 0.750. The molecule has 0 nitrogen and oxygen atoms in total.